The molecule has 1 saturated carbocycles. The molecule has 1 unspecified atom stereocenters. The second-order valence-electron chi connectivity index (χ2n) is 8.79. The molecule has 2 aliphatic rings. The van der Waals surface area contributed by atoms with Crippen LogP contribution in [0.15, 0.2) is 84.0 Å². The minimum absolute atomic E-state index is 0.0225. The van der Waals surface area contributed by atoms with Gasteiger partial charge in [0.15, 0.2) is 8.96 Å². The minimum Gasteiger partial charge on any atom is -0.304 e. The Bertz CT molecular complexity index is 809. The third-order valence-corrected chi connectivity index (χ3v) is 10.3. The lowest BCUT2D eigenvalue weighted by Gasteiger charge is -2.50. The average molecular weight is 388 g/mol. The monoisotopic (exact) mass is 387 g/mol. The van der Waals surface area contributed by atoms with E-state index < -0.39 is 8.96 Å². The normalized spacial score (nSPS) is 23.2. The summed E-state index contributed by atoms with van der Waals surface area (Å²) in [6.07, 6.45) is 11.7. The van der Waals surface area contributed by atoms with Gasteiger partial charge in [0.1, 0.15) is 0 Å². The first-order valence-electron chi connectivity index (χ1n) is 10.9. The summed E-state index contributed by atoms with van der Waals surface area (Å²) in [5, 5.41) is 3.07. The first-order chi connectivity index (χ1) is 13.6. The molecule has 2 heteroatoms. The molecule has 0 saturated heterocycles. The first-order valence-corrected chi connectivity index (χ1v) is 12.5. The fraction of sp³-hybridized carbons (Fsp3) is 0.385. The highest BCUT2D eigenvalue weighted by Crippen LogP contribution is 2.38. The number of rotatable bonds is 5. The maximum atomic E-state index is 2.99. The lowest BCUT2D eigenvalue weighted by atomic mass is 9.89. The Balaban J connectivity index is 1.88. The molecule has 1 nitrogen and oxygen atoms in total. The summed E-state index contributed by atoms with van der Waals surface area (Å²) >= 11 is 0. The van der Waals surface area contributed by atoms with E-state index in [-0.39, 0.29) is 5.54 Å². The Kier molecular flexibility index (Phi) is 5.70. The number of allylic oxidation sites excluding steroid dienone is 2. The van der Waals surface area contributed by atoms with Crippen LogP contribution < -0.4 is 10.4 Å². The number of nitrogens with zero attached hydrogens (tertiary/aromatic N) is 1. The van der Waals surface area contributed by atoms with Crippen molar-refractivity contribution in [3.8, 4) is 0 Å². The van der Waals surface area contributed by atoms with E-state index in [1.54, 1.807) is 0 Å². The summed E-state index contributed by atoms with van der Waals surface area (Å²) in [6, 6.07) is 23.3. The molecule has 0 radical (unpaired) electrons. The molecule has 2 aliphatic carbocycles. The van der Waals surface area contributed by atoms with Crippen molar-refractivity contribution in [3.05, 3.63) is 84.0 Å². The van der Waals surface area contributed by atoms with Gasteiger partial charge in [0, 0.05) is 6.04 Å². The molecular weight excluding hydrogens is 354 g/mol. The molecule has 0 aromatic heterocycles. The van der Waals surface area contributed by atoms with Crippen LogP contribution in [0.5, 0.6) is 0 Å². The lowest BCUT2D eigenvalue weighted by molar-refractivity contribution is 0.187. The van der Waals surface area contributed by atoms with Gasteiger partial charge in [0.2, 0.25) is 0 Å². The van der Waals surface area contributed by atoms with Crippen molar-refractivity contribution in [3.63, 3.8) is 0 Å². The van der Waals surface area contributed by atoms with E-state index in [1.807, 2.05) is 0 Å². The van der Waals surface area contributed by atoms with Gasteiger partial charge < -0.3 is 4.57 Å². The predicted octanol–water partition coefficient (Wildman–Crippen LogP) is 4.82. The molecule has 2 aromatic rings. The van der Waals surface area contributed by atoms with Crippen molar-refractivity contribution in [1.82, 2.24) is 4.57 Å². The second kappa shape index (κ2) is 8.22. The van der Waals surface area contributed by atoms with Crippen molar-refractivity contribution in [2.45, 2.75) is 64.5 Å². The van der Waals surface area contributed by atoms with E-state index in [4.69, 9.17) is 0 Å². The minimum atomic E-state index is -1.58. The SMILES string of the molecule is CC1=CC(C)(N(C2CCCCC2)[SiH](c2ccccc2)c2ccccc2)C(C)=C1. The summed E-state index contributed by atoms with van der Waals surface area (Å²) in [5.41, 5.74) is 2.93. The van der Waals surface area contributed by atoms with Gasteiger partial charge in [-0.15, -0.1) is 0 Å². The van der Waals surface area contributed by atoms with E-state index >= 15 is 0 Å². The highest BCUT2D eigenvalue weighted by molar-refractivity contribution is 6.83. The molecule has 0 heterocycles. The molecular formula is C26H33NSi. The molecule has 4 rings (SSSR count). The van der Waals surface area contributed by atoms with Crippen LogP contribution in [0.2, 0.25) is 0 Å². The largest absolute Gasteiger partial charge is 0.304 e. The fourth-order valence-electron chi connectivity index (χ4n) is 5.37. The van der Waals surface area contributed by atoms with Crippen molar-refractivity contribution < 1.29 is 0 Å². The molecule has 0 bridgehead atoms. The molecule has 1 fully saturated rings. The highest BCUT2D eigenvalue weighted by atomic mass is 28.3. The summed E-state index contributed by atoms with van der Waals surface area (Å²) in [4.78, 5) is 0. The van der Waals surface area contributed by atoms with Crippen LogP contribution >= 0.6 is 0 Å². The smallest absolute Gasteiger partial charge is 0.177 e. The third-order valence-electron chi connectivity index (χ3n) is 6.76. The van der Waals surface area contributed by atoms with Crippen molar-refractivity contribution in [2.24, 2.45) is 0 Å². The van der Waals surface area contributed by atoms with Crippen molar-refractivity contribution in [2.75, 3.05) is 0 Å². The Labute approximate surface area is 172 Å². The van der Waals surface area contributed by atoms with Crippen LogP contribution in [-0.4, -0.2) is 25.1 Å². The summed E-state index contributed by atoms with van der Waals surface area (Å²) < 4.78 is 2.99. The van der Waals surface area contributed by atoms with Gasteiger partial charge >= 0.3 is 0 Å². The zero-order valence-electron chi connectivity index (χ0n) is 17.6. The quantitative estimate of drug-likeness (QED) is 0.665. The van der Waals surface area contributed by atoms with Crippen LogP contribution in [0.3, 0.4) is 0 Å². The van der Waals surface area contributed by atoms with E-state index in [0.29, 0.717) is 6.04 Å². The Hall–Kier alpha value is -1.90. The predicted molar refractivity (Wildman–Crippen MR) is 124 cm³/mol. The number of benzene rings is 2. The lowest BCUT2D eigenvalue weighted by Crippen LogP contribution is -2.67. The molecule has 146 valence electrons. The van der Waals surface area contributed by atoms with E-state index in [9.17, 15) is 0 Å². The molecule has 0 spiro atoms. The Morgan fingerprint density at radius 2 is 1.36 bits per heavy atom. The van der Waals surface area contributed by atoms with Crippen LogP contribution in [0.1, 0.15) is 52.9 Å². The van der Waals surface area contributed by atoms with Gasteiger partial charge in [0.25, 0.3) is 0 Å². The number of hydrogen-bond donors (Lipinski definition) is 0. The van der Waals surface area contributed by atoms with Gasteiger partial charge in [-0.2, -0.15) is 0 Å². The summed E-state index contributed by atoms with van der Waals surface area (Å²) in [5.74, 6) is 0. The van der Waals surface area contributed by atoms with E-state index in [2.05, 4.69) is 98.2 Å². The fourth-order valence-corrected chi connectivity index (χ4v) is 9.10. The Morgan fingerprint density at radius 1 is 0.821 bits per heavy atom. The van der Waals surface area contributed by atoms with Crippen molar-refractivity contribution in [1.29, 1.82) is 0 Å². The molecule has 0 amide bonds. The highest BCUT2D eigenvalue weighted by Gasteiger charge is 2.44. The summed E-state index contributed by atoms with van der Waals surface area (Å²) in [6.45, 7) is 7.06. The van der Waals surface area contributed by atoms with Gasteiger partial charge in [-0.25, -0.2) is 0 Å². The van der Waals surface area contributed by atoms with Gasteiger partial charge in [-0.1, -0.05) is 97.7 Å². The average Bonchev–Trinajstić information content (AvgIpc) is 3.00. The zero-order valence-corrected chi connectivity index (χ0v) is 18.7. The van der Waals surface area contributed by atoms with E-state index in [1.165, 1.54) is 53.6 Å². The van der Waals surface area contributed by atoms with Gasteiger partial charge in [-0.05, 0) is 49.6 Å². The van der Waals surface area contributed by atoms with Crippen LogP contribution in [0, 0.1) is 0 Å². The van der Waals surface area contributed by atoms with Crippen LogP contribution in [0.4, 0.5) is 0 Å². The topological polar surface area (TPSA) is 3.24 Å². The maximum Gasteiger partial charge on any atom is 0.177 e. The van der Waals surface area contributed by atoms with E-state index in [0.717, 1.165) is 0 Å². The van der Waals surface area contributed by atoms with Gasteiger partial charge in [-0.3, -0.25) is 0 Å². The second-order valence-corrected chi connectivity index (χ2v) is 11.5. The van der Waals surface area contributed by atoms with Crippen LogP contribution in [-0.2, 0) is 0 Å². The molecule has 0 N–H and O–H groups in total. The Morgan fingerprint density at radius 3 is 1.82 bits per heavy atom. The summed E-state index contributed by atoms with van der Waals surface area (Å²) in [7, 11) is -1.58. The maximum absolute atomic E-state index is 2.99. The van der Waals surface area contributed by atoms with Crippen LogP contribution in [0.25, 0.3) is 0 Å². The molecule has 0 aliphatic heterocycles. The number of hydrogen-bond acceptors (Lipinski definition) is 1. The molecule has 28 heavy (non-hydrogen) atoms. The first kappa shape index (κ1) is 19.4. The zero-order chi connectivity index (χ0) is 19.6. The van der Waals surface area contributed by atoms with Crippen molar-refractivity contribution >= 4 is 19.3 Å². The molecule has 1 atom stereocenters. The molecule has 2 aromatic carbocycles. The standard InChI is InChI=1S/C26H33NSi/c1-21-19-22(2)26(3,20-21)27(23-13-7-4-8-14-23)28(24-15-9-5-10-16-24)25-17-11-6-12-18-25/h5-6,9-12,15-20,23,28H,4,7-8,13-14H2,1-3H3. The third kappa shape index (κ3) is 3.68. The van der Waals surface area contributed by atoms with Gasteiger partial charge in [0.05, 0.1) is 5.54 Å².